The summed E-state index contributed by atoms with van der Waals surface area (Å²) in [5, 5.41) is 3.72. The number of hydrogen-bond acceptors (Lipinski definition) is 5. The van der Waals surface area contributed by atoms with Crippen LogP contribution in [0.2, 0.25) is 5.15 Å². The lowest BCUT2D eigenvalue weighted by Crippen LogP contribution is -2.23. The Balaban J connectivity index is 1.76. The number of halogens is 3. The molecule has 0 aliphatic rings. The number of nitrogens with zero attached hydrogens (tertiary/aromatic N) is 2. The fourth-order valence-corrected chi connectivity index (χ4v) is 3.27. The first-order chi connectivity index (χ1) is 12.8. The molecule has 0 saturated carbocycles. The molecule has 10 heteroatoms. The third-order valence-corrected chi connectivity index (χ3v) is 5.39. The van der Waals surface area contributed by atoms with Gasteiger partial charge in [0.2, 0.25) is 0 Å². The van der Waals surface area contributed by atoms with E-state index in [0.29, 0.717) is 16.4 Å². The number of alkyl halides is 2. The highest BCUT2D eigenvalue weighted by Gasteiger charge is 2.23. The summed E-state index contributed by atoms with van der Waals surface area (Å²) in [5.41, 5.74) is 1.17. The van der Waals surface area contributed by atoms with Crippen LogP contribution in [0.25, 0.3) is 10.9 Å². The molecule has 140 valence electrons. The second-order valence-corrected chi connectivity index (χ2v) is 7.99. The van der Waals surface area contributed by atoms with E-state index in [-0.39, 0.29) is 12.1 Å². The van der Waals surface area contributed by atoms with Crippen molar-refractivity contribution in [2.24, 2.45) is 0 Å². The van der Waals surface area contributed by atoms with Crippen molar-refractivity contribution in [2.75, 3.05) is 0 Å². The van der Waals surface area contributed by atoms with Crippen molar-refractivity contribution in [3.8, 4) is 0 Å². The predicted octanol–water partition coefficient (Wildman–Crippen LogP) is 3.84. The lowest BCUT2D eigenvalue weighted by molar-refractivity contribution is 0.0950. The molecule has 2 N–H and O–H groups in total. The summed E-state index contributed by atoms with van der Waals surface area (Å²) in [7, 11) is -4.27. The summed E-state index contributed by atoms with van der Waals surface area (Å²) in [6.07, 6.45) is 1.60. The number of pyridine rings is 2. The predicted molar refractivity (Wildman–Crippen MR) is 97.3 cm³/mol. The molecule has 0 spiro atoms. The summed E-state index contributed by atoms with van der Waals surface area (Å²) in [4.78, 5) is 20.2. The maximum atomic E-state index is 12.8. The van der Waals surface area contributed by atoms with Gasteiger partial charge in [0, 0.05) is 17.1 Å². The van der Waals surface area contributed by atoms with Gasteiger partial charge in [0.15, 0.2) is 0 Å². The summed E-state index contributed by atoms with van der Waals surface area (Å²) < 4.78 is 44.6. The van der Waals surface area contributed by atoms with E-state index >= 15 is 0 Å². The highest BCUT2D eigenvalue weighted by molar-refractivity contribution is 7.92. The Kier molecular flexibility index (Phi) is 5.33. The molecule has 1 atom stereocenters. The van der Waals surface area contributed by atoms with Gasteiger partial charge in [-0.05, 0) is 36.4 Å². The van der Waals surface area contributed by atoms with Gasteiger partial charge in [-0.3, -0.25) is 9.78 Å². The highest BCUT2D eigenvalue weighted by atomic mass is 35.5. The quantitative estimate of drug-likeness (QED) is 0.624. The van der Waals surface area contributed by atoms with Crippen LogP contribution in [0.3, 0.4) is 0 Å². The van der Waals surface area contributed by atoms with Crippen molar-refractivity contribution >= 4 is 38.1 Å². The lowest BCUT2D eigenvalue weighted by Gasteiger charge is -2.09. The van der Waals surface area contributed by atoms with Crippen LogP contribution in [0, 0.1) is 4.78 Å². The summed E-state index contributed by atoms with van der Waals surface area (Å²) in [6, 6.07) is 9.95. The molecular weight excluding hydrogens is 398 g/mol. The third kappa shape index (κ3) is 4.20. The van der Waals surface area contributed by atoms with Gasteiger partial charge in [-0.2, -0.15) is 8.78 Å². The smallest absolute Gasteiger partial charge is 0.323 e. The first kappa shape index (κ1) is 19.1. The van der Waals surface area contributed by atoms with Crippen LogP contribution >= 0.6 is 11.6 Å². The van der Waals surface area contributed by atoms with Gasteiger partial charge in [-0.15, -0.1) is 0 Å². The van der Waals surface area contributed by atoms with E-state index in [1.807, 2.05) is 0 Å². The maximum Gasteiger partial charge on any atom is 0.323 e. The number of carbonyl (C=O) groups excluding carboxylic acids is 1. The Morgan fingerprint density at radius 2 is 2.04 bits per heavy atom. The number of rotatable bonds is 5. The average Bonchev–Trinajstić information content (AvgIpc) is 2.65. The third-order valence-electron chi connectivity index (χ3n) is 3.72. The molecule has 0 saturated heterocycles. The molecule has 1 unspecified atom stereocenters. The second-order valence-electron chi connectivity index (χ2n) is 5.57. The first-order valence-corrected chi connectivity index (χ1v) is 9.62. The zero-order valence-electron chi connectivity index (χ0n) is 13.7. The minimum Gasteiger partial charge on any atom is -0.346 e. The molecule has 2 aromatic heterocycles. The number of nitrogens with one attached hydrogen (secondary N) is 2. The van der Waals surface area contributed by atoms with Crippen molar-refractivity contribution in [3.63, 3.8) is 0 Å². The molecule has 0 aliphatic heterocycles. The van der Waals surface area contributed by atoms with Gasteiger partial charge in [-0.1, -0.05) is 17.7 Å². The average molecular weight is 411 g/mol. The lowest BCUT2D eigenvalue weighted by atomic mass is 10.2. The molecule has 2 heterocycles. The van der Waals surface area contributed by atoms with Gasteiger partial charge in [0.1, 0.15) is 14.9 Å². The van der Waals surface area contributed by atoms with E-state index in [0.717, 1.165) is 17.5 Å². The molecule has 3 aromatic rings. The van der Waals surface area contributed by atoms with E-state index < -0.39 is 26.3 Å². The second kappa shape index (κ2) is 7.53. The number of carbonyl (C=O) groups is 1. The summed E-state index contributed by atoms with van der Waals surface area (Å²) in [6.45, 7) is 0.0677. The molecular formula is C17H13ClF2N4O2S. The number of hydrogen-bond donors (Lipinski definition) is 2. The molecule has 0 radical (unpaired) electrons. The zero-order valence-corrected chi connectivity index (χ0v) is 15.2. The SMILES string of the molecule is N=S(=O)(c1cccc(C(=O)NCc2cc3nc(Cl)ccc3cn2)c1)C(F)F. The van der Waals surface area contributed by atoms with E-state index in [9.17, 15) is 17.8 Å². The van der Waals surface area contributed by atoms with Crippen molar-refractivity contribution in [1.82, 2.24) is 15.3 Å². The Hall–Kier alpha value is -2.65. The standard InChI is InChI=1S/C17H13ClF2N4O2S/c18-15-5-4-11-8-22-12(7-14(11)24-15)9-23-16(25)10-2-1-3-13(6-10)27(21,26)17(19)20/h1-8,17,21H,9H2,(H,23,25). The molecule has 1 aromatic carbocycles. The Morgan fingerprint density at radius 3 is 2.78 bits per heavy atom. The van der Waals surface area contributed by atoms with Crippen LogP contribution < -0.4 is 5.32 Å². The zero-order chi connectivity index (χ0) is 19.6. The molecule has 1 amide bonds. The molecule has 6 nitrogen and oxygen atoms in total. The highest BCUT2D eigenvalue weighted by Crippen LogP contribution is 2.20. The number of aromatic nitrogens is 2. The van der Waals surface area contributed by atoms with Crippen LogP contribution in [0.15, 0.2) is 53.6 Å². The van der Waals surface area contributed by atoms with Crippen LogP contribution in [-0.4, -0.2) is 25.8 Å². The van der Waals surface area contributed by atoms with Crippen molar-refractivity contribution in [3.05, 3.63) is 65.1 Å². The van der Waals surface area contributed by atoms with Crippen LogP contribution in [0.1, 0.15) is 16.1 Å². The fraction of sp³-hybridized carbons (Fsp3) is 0.118. The summed E-state index contributed by atoms with van der Waals surface area (Å²) >= 11 is 5.86. The van der Waals surface area contributed by atoms with Crippen molar-refractivity contribution < 1.29 is 17.8 Å². The Bertz CT molecular complexity index is 1120. The van der Waals surface area contributed by atoms with Crippen LogP contribution in [0.5, 0.6) is 0 Å². The minimum absolute atomic E-state index is 0.0232. The van der Waals surface area contributed by atoms with E-state index in [1.54, 1.807) is 24.4 Å². The minimum atomic E-state index is -4.27. The van der Waals surface area contributed by atoms with E-state index in [1.165, 1.54) is 12.1 Å². The number of fused-ring (bicyclic) bond motifs is 1. The maximum absolute atomic E-state index is 12.8. The number of benzene rings is 1. The van der Waals surface area contributed by atoms with Gasteiger partial charge < -0.3 is 5.32 Å². The van der Waals surface area contributed by atoms with Crippen molar-refractivity contribution in [1.29, 1.82) is 4.78 Å². The van der Waals surface area contributed by atoms with Crippen LogP contribution in [0.4, 0.5) is 8.78 Å². The fourth-order valence-electron chi connectivity index (χ4n) is 2.33. The van der Waals surface area contributed by atoms with Gasteiger partial charge in [-0.25, -0.2) is 14.0 Å². The largest absolute Gasteiger partial charge is 0.346 e. The summed E-state index contributed by atoms with van der Waals surface area (Å²) in [5.74, 6) is -3.90. The molecule has 0 bridgehead atoms. The Labute approximate surface area is 158 Å². The topological polar surface area (TPSA) is 95.8 Å². The van der Waals surface area contributed by atoms with Gasteiger partial charge in [0.25, 0.3) is 5.91 Å². The normalized spacial score (nSPS) is 13.5. The molecule has 0 fully saturated rings. The molecule has 0 aliphatic carbocycles. The monoisotopic (exact) mass is 410 g/mol. The molecule has 27 heavy (non-hydrogen) atoms. The van der Waals surface area contributed by atoms with Crippen LogP contribution in [-0.2, 0) is 16.3 Å². The van der Waals surface area contributed by atoms with Gasteiger partial charge in [0.05, 0.1) is 22.7 Å². The number of amides is 1. The first-order valence-electron chi connectivity index (χ1n) is 7.62. The van der Waals surface area contributed by atoms with Gasteiger partial charge >= 0.3 is 5.76 Å². The Morgan fingerprint density at radius 1 is 1.26 bits per heavy atom. The molecule has 3 rings (SSSR count). The van der Waals surface area contributed by atoms with E-state index in [4.69, 9.17) is 16.4 Å². The van der Waals surface area contributed by atoms with Crippen molar-refractivity contribution in [2.45, 2.75) is 17.2 Å². The van der Waals surface area contributed by atoms with E-state index in [2.05, 4.69) is 15.3 Å².